The zero-order valence-corrected chi connectivity index (χ0v) is 51.1. The summed E-state index contributed by atoms with van der Waals surface area (Å²) >= 11 is 0. The fourth-order valence-electron chi connectivity index (χ4n) is 18.6. The maximum atomic E-state index is 7.20. The van der Waals surface area contributed by atoms with E-state index < -0.39 is 0 Å². The van der Waals surface area contributed by atoms with Gasteiger partial charge in [0.1, 0.15) is 22.3 Å². The normalized spacial score (nSPS) is 17.6. The maximum Gasteiger partial charge on any atom is 0.143 e. The highest BCUT2D eigenvalue weighted by Gasteiger charge is 2.50. The van der Waals surface area contributed by atoms with Crippen LogP contribution in [-0.4, -0.2) is 0 Å². The molecule has 0 radical (unpaired) electrons. The fraction of sp³-hybridized carbons (Fsp3) is 0.214. The topological polar surface area (TPSA) is 26.3 Å². The first-order chi connectivity index (χ1) is 41.2. The standard InChI is InChI=1S/C84H66O2/c1-79(2)59-25-17-13-21-45(59)55-39-65-57(41-63(55)79)47-31-29-43(35-61(47)81(65,5)6)53-37-67-71(73-49-23-15-19-27-69(49)85-77(53)73)51-33-34-52-72-68(84(11,12)76(52)75(51)83(67,9)10)38-54(78-74(72)50-24-16-20-28-70(50)86-78)44-30-32-48-58-42-64-56(40-66(58)82(7,8)62(48)36-44)46-22-14-18-26-60(46)80(64,3)4/h13-42H,1-12H3. The molecule has 0 fully saturated rings. The zero-order chi connectivity index (χ0) is 58.4. The molecule has 0 N–H and O–H groups in total. The quantitative estimate of drug-likeness (QED) is 0.172. The second-order valence-electron chi connectivity index (χ2n) is 29.5. The summed E-state index contributed by atoms with van der Waals surface area (Å²) < 4.78 is 14.4. The van der Waals surface area contributed by atoms with E-state index >= 15 is 0 Å². The summed E-state index contributed by atoms with van der Waals surface area (Å²) in [4.78, 5) is 0. The molecule has 11 aromatic carbocycles. The third-order valence-corrected chi connectivity index (χ3v) is 23.0. The largest absolute Gasteiger partial charge is 0.455 e. The van der Waals surface area contributed by atoms with Crippen molar-refractivity contribution in [2.45, 2.75) is 116 Å². The number of furan rings is 2. The lowest BCUT2D eigenvalue weighted by Crippen LogP contribution is -2.24. The van der Waals surface area contributed by atoms with E-state index in [-0.39, 0.29) is 32.5 Å². The molecular weight excluding hydrogens is 1040 g/mol. The van der Waals surface area contributed by atoms with E-state index in [1.807, 2.05) is 0 Å². The number of benzene rings is 11. The SMILES string of the molecule is CC1(C)c2ccccc2-c2cc3c(cc21)-c1ccc(-c2cc4c(c5c2oc2ccccc25)-c2ccc5c(c2C4(C)C)C(C)(C)c2cc(-c4ccc6c(c4)C(C)(C)c4cc7c(cc4-6)C(C)(C)c4ccccc4-7)c4oc6ccccc6c4c2-5)cc1C3(C)C. The highest BCUT2D eigenvalue weighted by Crippen LogP contribution is 2.65. The molecule has 19 rings (SSSR count). The average molecular weight is 1110 g/mol. The van der Waals surface area contributed by atoms with Crippen molar-refractivity contribution >= 4 is 43.9 Å². The molecule has 0 atom stereocenters. The first-order valence-corrected chi connectivity index (χ1v) is 31.2. The molecule has 2 heteroatoms. The molecule has 414 valence electrons. The van der Waals surface area contributed by atoms with Gasteiger partial charge < -0.3 is 8.83 Å². The zero-order valence-electron chi connectivity index (χ0n) is 51.1. The van der Waals surface area contributed by atoms with E-state index in [0.717, 1.165) is 44.2 Å². The van der Waals surface area contributed by atoms with Gasteiger partial charge in [-0.05, 0) is 205 Å². The van der Waals surface area contributed by atoms with Gasteiger partial charge in [0.25, 0.3) is 0 Å². The molecule has 0 saturated heterocycles. The van der Waals surface area contributed by atoms with Crippen molar-refractivity contribution in [2.24, 2.45) is 0 Å². The molecule has 2 nitrogen and oxygen atoms in total. The predicted molar refractivity (Wildman–Crippen MR) is 357 cm³/mol. The van der Waals surface area contributed by atoms with Crippen molar-refractivity contribution in [2.75, 3.05) is 0 Å². The first kappa shape index (κ1) is 49.3. The molecular formula is C84H66O2. The monoisotopic (exact) mass is 1110 g/mol. The average Bonchev–Trinajstić information content (AvgIpc) is 1.52. The summed E-state index contributed by atoms with van der Waals surface area (Å²) in [5.41, 5.74) is 40.0. The smallest absolute Gasteiger partial charge is 0.143 e. The Morgan fingerprint density at radius 2 is 0.535 bits per heavy atom. The molecule has 6 aliphatic carbocycles. The highest BCUT2D eigenvalue weighted by atomic mass is 16.3. The summed E-state index contributed by atoms with van der Waals surface area (Å²) in [6.45, 7) is 29.2. The van der Waals surface area contributed by atoms with Crippen molar-refractivity contribution in [3.8, 4) is 89.0 Å². The van der Waals surface area contributed by atoms with Crippen LogP contribution in [0.3, 0.4) is 0 Å². The number of hydrogen-bond donors (Lipinski definition) is 0. The van der Waals surface area contributed by atoms with Crippen LogP contribution in [0, 0.1) is 0 Å². The van der Waals surface area contributed by atoms with Gasteiger partial charge in [-0.25, -0.2) is 0 Å². The Bertz CT molecular complexity index is 5060. The van der Waals surface area contributed by atoms with Gasteiger partial charge in [0.05, 0.1) is 0 Å². The molecule has 13 aromatic rings. The summed E-state index contributed by atoms with van der Waals surface area (Å²) in [5, 5.41) is 4.74. The Hall–Kier alpha value is -8.98. The molecule has 6 aliphatic rings. The third-order valence-electron chi connectivity index (χ3n) is 23.0. The number of fused-ring (bicyclic) bond motifs is 27. The van der Waals surface area contributed by atoms with Crippen LogP contribution in [0.1, 0.15) is 150 Å². The Labute approximate surface area is 503 Å². The van der Waals surface area contributed by atoms with E-state index in [1.165, 1.54) is 155 Å². The summed E-state index contributed by atoms with van der Waals surface area (Å²) in [6.07, 6.45) is 0. The van der Waals surface area contributed by atoms with Crippen LogP contribution in [0.5, 0.6) is 0 Å². The van der Waals surface area contributed by atoms with Gasteiger partial charge in [-0.3, -0.25) is 0 Å². The fourth-order valence-corrected chi connectivity index (χ4v) is 18.6. The number of rotatable bonds is 2. The van der Waals surface area contributed by atoms with Gasteiger partial charge in [-0.2, -0.15) is 0 Å². The van der Waals surface area contributed by atoms with Crippen molar-refractivity contribution < 1.29 is 8.83 Å². The molecule has 0 aliphatic heterocycles. The molecule has 0 bridgehead atoms. The Morgan fingerprint density at radius 3 is 0.930 bits per heavy atom. The second kappa shape index (κ2) is 15.3. The van der Waals surface area contributed by atoms with Gasteiger partial charge in [-0.15, -0.1) is 0 Å². The number of para-hydroxylation sites is 2. The predicted octanol–water partition coefficient (Wildman–Crippen LogP) is 22.7. The molecule has 2 aromatic heterocycles. The van der Waals surface area contributed by atoms with E-state index in [4.69, 9.17) is 8.83 Å². The third kappa shape index (κ3) is 5.64. The van der Waals surface area contributed by atoms with Crippen LogP contribution in [0.15, 0.2) is 191 Å². The second-order valence-corrected chi connectivity index (χ2v) is 29.5. The van der Waals surface area contributed by atoms with Crippen molar-refractivity contribution in [1.29, 1.82) is 0 Å². The van der Waals surface area contributed by atoms with Gasteiger partial charge in [0.15, 0.2) is 0 Å². The molecule has 86 heavy (non-hydrogen) atoms. The van der Waals surface area contributed by atoms with Gasteiger partial charge in [0, 0.05) is 65.2 Å². The Balaban J connectivity index is 0.778. The Kier molecular flexibility index (Phi) is 8.79. The van der Waals surface area contributed by atoms with Crippen molar-refractivity contribution in [3.05, 3.63) is 249 Å². The van der Waals surface area contributed by atoms with Gasteiger partial charge >= 0.3 is 0 Å². The molecule has 0 unspecified atom stereocenters. The lowest BCUT2D eigenvalue weighted by atomic mass is 9.72. The molecule has 2 heterocycles. The van der Waals surface area contributed by atoms with Crippen LogP contribution in [0.2, 0.25) is 0 Å². The molecule has 0 amide bonds. The van der Waals surface area contributed by atoms with Crippen LogP contribution >= 0.6 is 0 Å². The first-order valence-electron chi connectivity index (χ1n) is 31.2. The van der Waals surface area contributed by atoms with E-state index in [2.05, 4.69) is 265 Å². The van der Waals surface area contributed by atoms with Gasteiger partial charge in [0.2, 0.25) is 0 Å². The van der Waals surface area contributed by atoms with Crippen LogP contribution in [-0.2, 0) is 32.5 Å². The van der Waals surface area contributed by atoms with Crippen molar-refractivity contribution in [3.63, 3.8) is 0 Å². The van der Waals surface area contributed by atoms with Crippen LogP contribution in [0.4, 0.5) is 0 Å². The molecule has 0 saturated carbocycles. The van der Waals surface area contributed by atoms with Crippen LogP contribution in [0.25, 0.3) is 133 Å². The highest BCUT2D eigenvalue weighted by molar-refractivity contribution is 6.22. The lowest BCUT2D eigenvalue weighted by Gasteiger charge is -2.31. The van der Waals surface area contributed by atoms with Gasteiger partial charge in [-0.1, -0.05) is 204 Å². The van der Waals surface area contributed by atoms with E-state index in [1.54, 1.807) is 0 Å². The molecule has 0 spiro atoms. The minimum atomic E-state index is -0.370. The summed E-state index contributed by atoms with van der Waals surface area (Å²) in [5.74, 6) is 0. The number of hydrogen-bond acceptors (Lipinski definition) is 2. The van der Waals surface area contributed by atoms with Crippen molar-refractivity contribution in [1.82, 2.24) is 0 Å². The Morgan fingerprint density at radius 1 is 0.233 bits per heavy atom. The van der Waals surface area contributed by atoms with E-state index in [9.17, 15) is 0 Å². The maximum absolute atomic E-state index is 7.20. The minimum Gasteiger partial charge on any atom is -0.455 e. The summed E-state index contributed by atoms with van der Waals surface area (Å²) in [6, 6.07) is 70.1. The minimum absolute atomic E-state index is 0.0709. The summed E-state index contributed by atoms with van der Waals surface area (Å²) in [7, 11) is 0. The van der Waals surface area contributed by atoms with E-state index in [0.29, 0.717) is 0 Å². The lowest BCUT2D eigenvalue weighted by molar-refractivity contribution is 0.601. The van der Waals surface area contributed by atoms with Crippen LogP contribution < -0.4 is 0 Å².